The minimum Gasteiger partial charge on any atom is -0.371 e. The number of hydrogen-bond acceptors (Lipinski definition) is 3. The summed E-state index contributed by atoms with van der Waals surface area (Å²) in [5, 5.41) is 2.92. The Morgan fingerprint density at radius 2 is 1.90 bits per heavy atom. The minimum atomic E-state index is 0.102. The Bertz CT molecular complexity index is 401. The van der Waals surface area contributed by atoms with Crippen molar-refractivity contribution >= 4 is 11.6 Å². The second-order valence-corrected chi connectivity index (χ2v) is 5.44. The molecule has 0 aliphatic rings. The van der Waals surface area contributed by atoms with Gasteiger partial charge >= 0.3 is 0 Å². The summed E-state index contributed by atoms with van der Waals surface area (Å²) in [7, 11) is 0. The van der Waals surface area contributed by atoms with Crippen molar-refractivity contribution in [3.05, 3.63) is 29.8 Å². The Balaban J connectivity index is 2.60. The van der Waals surface area contributed by atoms with Crippen molar-refractivity contribution in [1.29, 1.82) is 0 Å². The molecule has 4 nitrogen and oxygen atoms in total. The first-order chi connectivity index (χ1) is 9.52. The molecule has 4 heteroatoms. The van der Waals surface area contributed by atoms with Gasteiger partial charge in [-0.05, 0) is 45.9 Å². The summed E-state index contributed by atoms with van der Waals surface area (Å²) < 4.78 is 0. The summed E-state index contributed by atoms with van der Waals surface area (Å²) in [5.41, 5.74) is 7.99. The van der Waals surface area contributed by atoms with E-state index < -0.39 is 0 Å². The Kier molecular flexibility index (Phi) is 7.09. The number of hydrogen-bond donors (Lipinski definition) is 2. The van der Waals surface area contributed by atoms with E-state index in [0.717, 1.165) is 25.2 Å². The zero-order valence-corrected chi connectivity index (χ0v) is 12.9. The molecule has 1 aromatic carbocycles. The average molecular weight is 277 g/mol. The summed E-state index contributed by atoms with van der Waals surface area (Å²) in [6, 6.07) is 8.59. The van der Waals surface area contributed by atoms with E-state index in [0.29, 0.717) is 13.0 Å². The summed E-state index contributed by atoms with van der Waals surface area (Å²) in [4.78, 5) is 14.0. The van der Waals surface area contributed by atoms with Crippen molar-refractivity contribution in [2.75, 3.05) is 24.5 Å². The predicted octanol–water partition coefficient (Wildman–Crippen LogP) is 2.06. The molecule has 1 rings (SSSR count). The van der Waals surface area contributed by atoms with E-state index in [2.05, 4.69) is 41.4 Å². The maximum atomic E-state index is 11.8. The topological polar surface area (TPSA) is 58.4 Å². The van der Waals surface area contributed by atoms with E-state index in [-0.39, 0.29) is 11.9 Å². The van der Waals surface area contributed by atoms with E-state index in [1.807, 2.05) is 13.8 Å². The summed E-state index contributed by atoms with van der Waals surface area (Å²) in [6.07, 6.45) is 1.44. The smallest absolute Gasteiger partial charge is 0.221 e. The van der Waals surface area contributed by atoms with E-state index >= 15 is 0 Å². The molecule has 0 atom stereocenters. The maximum absolute atomic E-state index is 11.8. The highest BCUT2D eigenvalue weighted by atomic mass is 16.1. The van der Waals surface area contributed by atoms with Crippen LogP contribution in [-0.2, 0) is 4.79 Å². The van der Waals surface area contributed by atoms with E-state index in [1.165, 1.54) is 5.56 Å². The van der Waals surface area contributed by atoms with E-state index in [4.69, 9.17) is 5.73 Å². The minimum absolute atomic E-state index is 0.102. The predicted molar refractivity (Wildman–Crippen MR) is 85.0 cm³/mol. The Morgan fingerprint density at radius 3 is 2.45 bits per heavy atom. The van der Waals surface area contributed by atoms with Crippen LogP contribution < -0.4 is 16.0 Å². The van der Waals surface area contributed by atoms with Gasteiger partial charge in [0.05, 0.1) is 0 Å². The van der Waals surface area contributed by atoms with Crippen LogP contribution in [0.2, 0.25) is 0 Å². The molecule has 0 unspecified atom stereocenters. The highest BCUT2D eigenvalue weighted by Crippen LogP contribution is 2.15. The second kappa shape index (κ2) is 8.59. The molecule has 0 heterocycles. The Morgan fingerprint density at radius 1 is 1.25 bits per heavy atom. The average Bonchev–Trinajstić information content (AvgIpc) is 2.39. The van der Waals surface area contributed by atoms with E-state index in [9.17, 15) is 4.79 Å². The van der Waals surface area contributed by atoms with Crippen LogP contribution in [-0.4, -0.2) is 31.6 Å². The molecule has 0 aliphatic carbocycles. The zero-order valence-electron chi connectivity index (χ0n) is 12.9. The van der Waals surface area contributed by atoms with Gasteiger partial charge in [0.1, 0.15) is 0 Å². The fourth-order valence-corrected chi connectivity index (χ4v) is 2.04. The monoisotopic (exact) mass is 277 g/mol. The van der Waals surface area contributed by atoms with Gasteiger partial charge in [-0.1, -0.05) is 17.7 Å². The number of carbonyl (C=O) groups excluding carboxylic acids is 1. The van der Waals surface area contributed by atoms with Crippen LogP contribution in [0, 0.1) is 6.92 Å². The lowest BCUT2D eigenvalue weighted by atomic mass is 10.2. The number of nitrogens with one attached hydrogen (secondary N) is 1. The Hall–Kier alpha value is -1.55. The molecule has 112 valence electrons. The second-order valence-electron chi connectivity index (χ2n) is 5.44. The quantitative estimate of drug-likeness (QED) is 0.765. The number of carbonyl (C=O) groups is 1. The third-order valence-electron chi connectivity index (χ3n) is 3.09. The van der Waals surface area contributed by atoms with Gasteiger partial charge in [-0.3, -0.25) is 4.79 Å². The van der Waals surface area contributed by atoms with Gasteiger partial charge in [0, 0.05) is 31.2 Å². The highest BCUT2D eigenvalue weighted by molar-refractivity contribution is 5.76. The summed E-state index contributed by atoms with van der Waals surface area (Å²) in [5.74, 6) is 0.102. The molecule has 0 radical (unpaired) electrons. The van der Waals surface area contributed by atoms with Gasteiger partial charge in [-0.25, -0.2) is 0 Å². The highest BCUT2D eigenvalue weighted by Gasteiger charge is 2.09. The number of anilines is 1. The van der Waals surface area contributed by atoms with Gasteiger partial charge in [-0.2, -0.15) is 0 Å². The van der Waals surface area contributed by atoms with Crippen molar-refractivity contribution in [2.24, 2.45) is 5.73 Å². The number of aryl methyl sites for hydroxylation is 1. The lowest BCUT2D eigenvalue weighted by Crippen LogP contribution is -2.35. The number of nitrogens with zero attached hydrogens (tertiary/aromatic N) is 1. The number of nitrogens with two attached hydrogens (primary N) is 1. The lowest BCUT2D eigenvalue weighted by Gasteiger charge is -2.25. The van der Waals surface area contributed by atoms with Crippen molar-refractivity contribution in [2.45, 2.75) is 39.7 Å². The van der Waals surface area contributed by atoms with Gasteiger partial charge in [0.25, 0.3) is 0 Å². The molecule has 1 amide bonds. The lowest BCUT2D eigenvalue weighted by molar-refractivity contribution is -0.121. The fraction of sp³-hybridized carbons (Fsp3) is 0.562. The molecule has 0 fully saturated rings. The normalized spacial score (nSPS) is 10.7. The van der Waals surface area contributed by atoms with Crippen molar-refractivity contribution in [1.82, 2.24) is 5.32 Å². The van der Waals surface area contributed by atoms with Gasteiger partial charge in [0.15, 0.2) is 0 Å². The van der Waals surface area contributed by atoms with Crippen molar-refractivity contribution < 1.29 is 4.79 Å². The Labute approximate surface area is 122 Å². The standard InChI is InChI=1S/C16H27N3O/c1-13(2)18-16(20)9-12-19(11-4-10-17)15-7-5-14(3)6-8-15/h5-8,13H,4,9-12,17H2,1-3H3,(H,18,20). The molecular formula is C16H27N3O. The van der Waals surface area contributed by atoms with Gasteiger partial charge in [0.2, 0.25) is 5.91 Å². The summed E-state index contributed by atoms with van der Waals surface area (Å²) >= 11 is 0. The zero-order chi connectivity index (χ0) is 15.0. The molecule has 0 saturated heterocycles. The molecule has 0 aromatic heterocycles. The van der Waals surface area contributed by atoms with Gasteiger partial charge < -0.3 is 16.0 Å². The van der Waals surface area contributed by atoms with Crippen LogP contribution in [0.5, 0.6) is 0 Å². The van der Waals surface area contributed by atoms with Crippen LogP contribution in [0.3, 0.4) is 0 Å². The van der Waals surface area contributed by atoms with Crippen LogP contribution in [0.1, 0.15) is 32.3 Å². The molecule has 3 N–H and O–H groups in total. The summed E-state index contributed by atoms with van der Waals surface area (Å²) in [6.45, 7) is 8.30. The van der Waals surface area contributed by atoms with Crippen LogP contribution in [0.15, 0.2) is 24.3 Å². The molecule has 0 saturated carbocycles. The number of benzene rings is 1. The third-order valence-corrected chi connectivity index (χ3v) is 3.09. The first kappa shape index (κ1) is 16.5. The van der Waals surface area contributed by atoms with Crippen LogP contribution in [0.4, 0.5) is 5.69 Å². The fourth-order valence-electron chi connectivity index (χ4n) is 2.04. The molecule has 20 heavy (non-hydrogen) atoms. The largest absolute Gasteiger partial charge is 0.371 e. The first-order valence-electron chi connectivity index (χ1n) is 7.34. The number of amides is 1. The maximum Gasteiger partial charge on any atom is 0.221 e. The molecular weight excluding hydrogens is 250 g/mol. The van der Waals surface area contributed by atoms with Crippen molar-refractivity contribution in [3.8, 4) is 0 Å². The molecule has 0 bridgehead atoms. The van der Waals surface area contributed by atoms with Crippen molar-refractivity contribution in [3.63, 3.8) is 0 Å². The molecule has 0 aliphatic heterocycles. The molecule has 1 aromatic rings. The van der Waals surface area contributed by atoms with Crippen LogP contribution in [0.25, 0.3) is 0 Å². The third kappa shape index (κ3) is 6.06. The first-order valence-corrected chi connectivity index (χ1v) is 7.34. The number of rotatable bonds is 8. The van der Waals surface area contributed by atoms with Gasteiger partial charge in [-0.15, -0.1) is 0 Å². The SMILES string of the molecule is Cc1ccc(N(CCCN)CCC(=O)NC(C)C)cc1. The van der Waals surface area contributed by atoms with Crippen LogP contribution >= 0.6 is 0 Å². The van der Waals surface area contributed by atoms with E-state index in [1.54, 1.807) is 0 Å². The molecule has 0 spiro atoms.